The highest BCUT2D eigenvalue weighted by Gasteiger charge is 2.22. The highest BCUT2D eigenvalue weighted by atomic mass is 16.6. The fourth-order valence-electron chi connectivity index (χ4n) is 2.43. The first-order valence-electron chi connectivity index (χ1n) is 7.30. The largest absolute Gasteiger partial charge is 0.497 e. The van der Waals surface area contributed by atoms with E-state index in [-0.39, 0.29) is 6.04 Å². The fraction of sp³-hybridized carbons (Fsp3) is 0.562. The Labute approximate surface area is 126 Å². The van der Waals surface area contributed by atoms with Crippen LogP contribution in [0.5, 0.6) is 5.75 Å². The summed E-state index contributed by atoms with van der Waals surface area (Å²) in [6, 6.07) is 5.91. The number of ether oxygens (including phenoxy) is 2. The SMILES string of the molecule is COc1ccc(NC(=O)OC(C)(C)C)c(C2CCCN2)c1. The maximum atomic E-state index is 12.0. The molecule has 1 aromatic carbocycles. The number of hydrogen-bond acceptors (Lipinski definition) is 4. The molecule has 0 aromatic heterocycles. The molecule has 0 aliphatic carbocycles. The second kappa shape index (κ2) is 6.35. The van der Waals surface area contributed by atoms with Crippen molar-refractivity contribution in [1.29, 1.82) is 0 Å². The zero-order chi connectivity index (χ0) is 15.5. The molecule has 1 aromatic rings. The van der Waals surface area contributed by atoms with Crippen molar-refractivity contribution in [2.45, 2.75) is 45.3 Å². The van der Waals surface area contributed by atoms with E-state index in [4.69, 9.17) is 9.47 Å². The maximum Gasteiger partial charge on any atom is 0.412 e. The minimum Gasteiger partial charge on any atom is -0.497 e. The molecule has 0 spiro atoms. The molecule has 0 radical (unpaired) electrons. The van der Waals surface area contributed by atoms with Crippen molar-refractivity contribution < 1.29 is 14.3 Å². The van der Waals surface area contributed by atoms with Crippen LogP contribution in [0.3, 0.4) is 0 Å². The first-order valence-corrected chi connectivity index (χ1v) is 7.30. The van der Waals surface area contributed by atoms with E-state index in [9.17, 15) is 4.79 Å². The van der Waals surface area contributed by atoms with Gasteiger partial charge in [0.2, 0.25) is 0 Å². The van der Waals surface area contributed by atoms with Crippen LogP contribution in [0.1, 0.15) is 45.2 Å². The zero-order valence-corrected chi connectivity index (χ0v) is 13.2. The van der Waals surface area contributed by atoms with E-state index < -0.39 is 11.7 Å². The van der Waals surface area contributed by atoms with Crippen LogP contribution in [0.2, 0.25) is 0 Å². The predicted octanol–water partition coefficient (Wildman–Crippen LogP) is 3.47. The monoisotopic (exact) mass is 292 g/mol. The van der Waals surface area contributed by atoms with Crippen LogP contribution in [0.25, 0.3) is 0 Å². The molecule has 1 aliphatic heterocycles. The highest BCUT2D eigenvalue weighted by Crippen LogP contribution is 2.32. The average molecular weight is 292 g/mol. The number of methoxy groups -OCH3 is 1. The van der Waals surface area contributed by atoms with E-state index in [0.717, 1.165) is 36.4 Å². The second-order valence-electron chi connectivity index (χ2n) is 6.23. The van der Waals surface area contributed by atoms with E-state index in [0.29, 0.717) is 0 Å². The molecular weight excluding hydrogens is 268 g/mol. The molecule has 2 N–H and O–H groups in total. The minimum absolute atomic E-state index is 0.241. The Kier molecular flexibility index (Phi) is 4.73. The lowest BCUT2D eigenvalue weighted by Crippen LogP contribution is -2.28. The molecule has 21 heavy (non-hydrogen) atoms. The third kappa shape index (κ3) is 4.36. The Morgan fingerprint density at radius 2 is 2.14 bits per heavy atom. The summed E-state index contributed by atoms with van der Waals surface area (Å²) < 4.78 is 10.6. The number of benzene rings is 1. The molecule has 116 valence electrons. The van der Waals surface area contributed by atoms with E-state index in [2.05, 4.69) is 10.6 Å². The van der Waals surface area contributed by atoms with Crippen LogP contribution in [-0.4, -0.2) is 25.3 Å². The Morgan fingerprint density at radius 3 is 2.71 bits per heavy atom. The molecule has 1 unspecified atom stereocenters. The van der Waals surface area contributed by atoms with Crippen molar-refractivity contribution in [3.8, 4) is 5.75 Å². The first-order chi connectivity index (χ1) is 9.89. The summed E-state index contributed by atoms with van der Waals surface area (Å²) in [6.07, 6.45) is 1.75. The lowest BCUT2D eigenvalue weighted by Gasteiger charge is -2.22. The summed E-state index contributed by atoms with van der Waals surface area (Å²) in [5, 5.41) is 6.28. The van der Waals surface area contributed by atoms with Gasteiger partial charge >= 0.3 is 6.09 Å². The van der Waals surface area contributed by atoms with Gasteiger partial charge in [-0.05, 0) is 63.9 Å². The average Bonchev–Trinajstić information content (AvgIpc) is 2.90. The summed E-state index contributed by atoms with van der Waals surface area (Å²) in [4.78, 5) is 12.0. The van der Waals surface area contributed by atoms with Gasteiger partial charge in [-0.3, -0.25) is 5.32 Å². The van der Waals surface area contributed by atoms with Crippen molar-refractivity contribution in [3.63, 3.8) is 0 Å². The highest BCUT2D eigenvalue weighted by molar-refractivity contribution is 5.86. The van der Waals surface area contributed by atoms with E-state index in [1.165, 1.54) is 0 Å². The van der Waals surface area contributed by atoms with Crippen LogP contribution in [0, 0.1) is 0 Å². The van der Waals surface area contributed by atoms with Gasteiger partial charge in [0.25, 0.3) is 0 Å². The molecule has 5 heteroatoms. The number of rotatable bonds is 3. The molecule has 1 fully saturated rings. The van der Waals surface area contributed by atoms with Gasteiger partial charge in [0, 0.05) is 11.7 Å². The molecule has 1 aliphatic rings. The van der Waals surface area contributed by atoms with Crippen LogP contribution >= 0.6 is 0 Å². The van der Waals surface area contributed by atoms with Crippen LogP contribution < -0.4 is 15.4 Å². The molecule has 0 bridgehead atoms. The van der Waals surface area contributed by atoms with Crippen molar-refractivity contribution in [2.75, 3.05) is 19.0 Å². The van der Waals surface area contributed by atoms with Crippen LogP contribution in [-0.2, 0) is 4.74 Å². The van der Waals surface area contributed by atoms with Gasteiger partial charge in [-0.1, -0.05) is 0 Å². The van der Waals surface area contributed by atoms with Gasteiger partial charge in [0.05, 0.1) is 7.11 Å². The Balaban J connectivity index is 2.19. The quantitative estimate of drug-likeness (QED) is 0.895. The Bertz CT molecular complexity index is 503. The van der Waals surface area contributed by atoms with Crippen LogP contribution in [0.15, 0.2) is 18.2 Å². The third-order valence-corrected chi connectivity index (χ3v) is 3.33. The van der Waals surface area contributed by atoms with E-state index in [1.54, 1.807) is 7.11 Å². The lowest BCUT2D eigenvalue weighted by atomic mass is 10.0. The Hall–Kier alpha value is -1.75. The standard InChI is InChI=1S/C16H24N2O3/c1-16(2,3)21-15(19)18-14-8-7-11(20-4)10-12(14)13-6-5-9-17-13/h7-8,10,13,17H,5-6,9H2,1-4H3,(H,18,19). The molecule has 1 amide bonds. The number of hydrogen-bond donors (Lipinski definition) is 2. The summed E-state index contributed by atoms with van der Waals surface area (Å²) in [7, 11) is 1.64. The zero-order valence-electron chi connectivity index (χ0n) is 13.2. The molecule has 0 saturated carbocycles. The number of nitrogens with one attached hydrogen (secondary N) is 2. The van der Waals surface area contributed by atoms with Crippen LogP contribution in [0.4, 0.5) is 10.5 Å². The van der Waals surface area contributed by atoms with Gasteiger partial charge in [0.15, 0.2) is 0 Å². The lowest BCUT2D eigenvalue weighted by molar-refractivity contribution is 0.0635. The molecule has 1 atom stereocenters. The molecule has 2 rings (SSSR count). The van der Waals surface area contributed by atoms with Crippen molar-refractivity contribution in [3.05, 3.63) is 23.8 Å². The smallest absolute Gasteiger partial charge is 0.412 e. The number of amides is 1. The maximum absolute atomic E-state index is 12.0. The van der Waals surface area contributed by atoms with Crippen molar-refractivity contribution in [1.82, 2.24) is 5.32 Å². The third-order valence-electron chi connectivity index (χ3n) is 3.33. The van der Waals surface area contributed by atoms with Gasteiger partial charge in [0.1, 0.15) is 11.4 Å². The Morgan fingerprint density at radius 1 is 1.38 bits per heavy atom. The number of carbonyl (C=O) groups is 1. The minimum atomic E-state index is -0.512. The van der Waals surface area contributed by atoms with Crippen molar-refractivity contribution >= 4 is 11.8 Å². The second-order valence-corrected chi connectivity index (χ2v) is 6.23. The summed E-state index contributed by atoms with van der Waals surface area (Å²) in [5.74, 6) is 0.786. The molecule has 1 saturated heterocycles. The number of anilines is 1. The molecule has 1 heterocycles. The van der Waals surface area contributed by atoms with Gasteiger partial charge in [-0.15, -0.1) is 0 Å². The normalized spacial score (nSPS) is 18.4. The summed E-state index contributed by atoms with van der Waals surface area (Å²) in [6.45, 7) is 6.54. The summed E-state index contributed by atoms with van der Waals surface area (Å²) >= 11 is 0. The topological polar surface area (TPSA) is 59.6 Å². The van der Waals surface area contributed by atoms with E-state index >= 15 is 0 Å². The molecule has 5 nitrogen and oxygen atoms in total. The van der Waals surface area contributed by atoms with E-state index in [1.807, 2.05) is 39.0 Å². The van der Waals surface area contributed by atoms with Gasteiger partial charge < -0.3 is 14.8 Å². The summed E-state index contributed by atoms with van der Waals surface area (Å²) in [5.41, 5.74) is 1.30. The van der Waals surface area contributed by atoms with Gasteiger partial charge in [-0.25, -0.2) is 4.79 Å². The molecular formula is C16H24N2O3. The predicted molar refractivity (Wildman–Crippen MR) is 82.8 cm³/mol. The van der Waals surface area contributed by atoms with Gasteiger partial charge in [-0.2, -0.15) is 0 Å². The fourth-order valence-corrected chi connectivity index (χ4v) is 2.43. The first kappa shape index (κ1) is 15.6. The van der Waals surface area contributed by atoms with Crippen molar-refractivity contribution in [2.24, 2.45) is 0 Å². The number of carbonyl (C=O) groups excluding carboxylic acids is 1.